The van der Waals surface area contributed by atoms with E-state index < -0.39 is 0 Å². The second kappa shape index (κ2) is 8.15. The molecule has 24 heavy (non-hydrogen) atoms. The van der Waals surface area contributed by atoms with Gasteiger partial charge in [0.2, 0.25) is 11.7 Å². The number of halogens is 1. The summed E-state index contributed by atoms with van der Waals surface area (Å²) in [6.07, 6.45) is 6.29. The summed E-state index contributed by atoms with van der Waals surface area (Å²) in [6, 6.07) is 7.85. The fraction of sp³-hybridized carbons (Fsp3) is 0.471. The molecule has 0 saturated heterocycles. The molecule has 1 aromatic heterocycles. The minimum Gasteiger partial charge on any atom is -0.354 e. The molecule has 2 N–H and O–H groups in total. The van der Waals surface area contributed by atoms with E-state index in [1.807, 2.05) is 12.1 Å². The number of aliphatic imine (C=N–C) groups is 1. The van der Waals surface area contributed by atoms with Crippen molar-refractivity contribution in [2.45, 2.75) is 44.7 Å². The molecular weight excluding hydrogens is 326 g/mol. The van der Waals surface area contributed by atoms with Crippen molar-refractivity contribution in [3.63, 3.8) is 0 Å². The molecule has 0 aliphatic heterocycles. The van der Waals surface area contributed by atoms with Crippen LogP contribution in [0, 0.1) is 0 Å². The first-order valence-electron chi connectivity index (χ1n) is 8.30. The number of nitrogens with one attached hydrogen (secondary N) is 2. The van der Waals surface area contributed by atoms with Crippen molar-refractivity contribution in [3.8, 4) is 11.4 Å². The van der Waals surface area contributed by atoms with Gasteiger partial charge in [-0.1, -0.05) is 36.0 Å². The zero-order chi connectivity index (χ0) is 16.8. The van der Waals surface area contributed by atoms with Crippen molar-refractivity contribution < 1.29 is 4.52 Å². The Morgan fingerprint density at radius 2 is 2.00 bits per heavy atom. The Morgan fingerprint density at radius 3 is 2.71 bits per heavy atom. The minimum atomic E-state index is 0.437. The lowest BCUT2D eigenvalue weighted by atomic mass is 9.96. The van der Waals surface area contributed by atoms with Crippen molar-refractivity contribution >= 4 is 17.6 Å². The number of hydrogen-bond donors (Lipinski definition) is 2. The van der Waals surface area contributed by atoms with Crippen LogP contribution in [0.3, 0.4) is 0 Å². The molecule has 0 spiro atoms. The third-order valence-electron chi connectivity index (χ3n) is 4.15. The summed E-state index contributed by atoms with van der Waals surface area (Å²) in [5.41, 5.74) is 0.874. The minimum absolute atomic E-state index is 0.437. The maximum Gasteiger partial charge on any atom is 0.246 e. The number of guanidine groups is 1. The Kier molecular flexibility index (Phi) is 5.69. The van der Waals surface area contributed by atoms with Gasteiger partial charge in [-0.05, 0) is 37.1 Å². The van der Waals surface area contributed by atoms with E-state index >= 15 is 0 Å². The van der Waals surface area contributed by atoms with Gasteiger partial charge in [-0.3, -0.25) is 4.99 Å². The lowest BCUT2D eigenvalue weighted by Crippen LogP contribution is -2.43. The molecule has 0 amide bonds. The maximum absolute atomic E-state index is 5.89. The van der Waals surface area contributed by atoms with Gasteiger partial charge in [0, 0.05) is 23.7 Å². The highest BCUT2D eigenvalue weighted by Crippen LogP contribution is 2.19. The van der Waals surface area contributed by atoms with E-state index in [4.69, 9.17) is 16.1 Å². The van der Waals surface area contributed by atoms with Crippen LogP contribution in [0.15, 0.2) is 33.8 Å². The number of hydrogen-bond acceptors (Lipinski definition) is 4. The highest BCUT2D eigenvalue weighted by Gasteiger charge is 2.15. The first kappa shape index (κ1) is 16.8. The molecule has 1 aromatic carbocycles. The summed E-state index contributed by atoms with van der Waals surface area (Å²) in [5.74, 6) is 1.85. The van der Waals surface area contributed by atoms with Gasteiger partial charge in [0.05, 0.1) is 6.54 Å². The Hall–Kier alpha value is -2.08. The maximum atomic E-state index is 5.89. The number of rotatable bonds is 4. The summed E-state index contributed by atoms with van der Waals surface area (Å²) < 4.78 is 5.29. The van der Waals surface area contributed by atoms with E-state index in [0.29, 0.717) is 29.3 Å². The largest absolute Gasteiger partial charge is 0.354 e. The first-order chi connectivity index (χ1) is 11.7. The summed E-state index contributed by atoms with van der Waals surface area (Å²) >= 11 is 5.89. The van der Waals surface area contributed by atoms with Crippen LogP contribution in [-0.4, -0.2) is 29.2 Å². The van der Waals surface area contributed by atoms with Crippen LogP contribution < -0.4 is 10.6 Å². The predicted octanol–water partition coefficient (Wildman–Crippen LogP) is 3.39. The van der Waals surface area contributed by atoms with Gasteiger partial charge in [0.25, 0.3) is 0 Å². The Morgan fingerprint density at radius 1 is 1.25 bits per heavy atom. The number of nitrogens with zero attached hydrogens (tertiary/aromatic N) is 3. The van der Waals surface area contributed by atoms with Gasteiger partial charge >= 0.3 is 0 Å². The van der Waals surface area contributed by atoms with Crippen molar-refractivity contribution in [2.75, 3.05) is 7.05 Å². The molecule has 1 heterocycles. The van der Waals surface area contributed by atoms with Gasteiger partial charge in [-0.15, -0.1) is 0 Å². The Labute approximate surface area is 146 Å². The fourth-order valence-corrected chi connectivity index (χ4v) is 2.96. The van der Waals surface area contributed by atoms with Crippen LogP contribution in [-0.2, 0) is 6.54 Å². The molecular formula is C17H22ClN5O. The van der Waals surface area contributed by atoms with Gasteiger partial charge in [0.1, 0.15) is 0 Å². The van der Waals surface area contributed by atoms with Crippen LogP contribution >= 0.6 is 11.6 Å². The monoisotopic (exact) mass is 347 g/mol. The lowest BCUT2D eigenvalue weighted by molar-refractivity contribution is 0.373. The van der Waals surface area contributed by atoms with Gasteiger partial charge < -0.3 is 15.2 Å². The Balaban J connectivity index is 1.55. The second-order valence-corrected chi connectivity index (χ2v) is 6.36. The predicted molar refractivity (Wildman–Crippen MR) is 95.0 cm³/mol. The average molecular weight is 348 g/mol. The SMILES string of the molecule is CN=C(NCc1nc(-c2ccc(Cl)cc2)no1)NC1CCCCC1. The molecule has 1 aliphatic rings. The first-order valence-corrected chi connectivity index (χ1v) is 8.68. The molecule has 128 valence electrons. The fourth-order valence-electron chi connectivity index (χ4n) is 2.84. The van der Waals surface area contributed by atoms with Crippen molar-refractivity contribution in [2.24, 2.45) is 4.99 Å². The van der Waals surface area contributed by atoms with E-state index in [0.717, 1.165) is 11.5 Å². The molecule has 1 saturated carbocycles. The van der Waals surface area contributed by atoms with Gasteiger partial charge in [0.15, 0.2) is 5.96 Å². The second-order valence-electron chi connectivity index (χ2n) is 5.92. The molecule has 0 radical (unpaired) electrons. The Bertz CT molecular complexity index is 677. The van der Waals surface area contributed by atoms with E-state index in [2.05, 4.69) is 25.8 Å². The van der Waals surface area contributed by atoms with Crippen molar-refractivity contribution in [3.05, 3.63) is 35.2 Å². The summed E-state index contributed by atoms with van der Waals surface area (Å²) in [4.78, 5) is 8.66. The van der Waals surface area contributed by atoms with Gasteiger partial charge in [-0.25, -0.2) is 0 Å². The van der Waals surface area contributed by atoms with Gasteiger partial charge in [-0.2, -0.15) is 4.98 Å². The van der Waals surface area contributed by atoms with Crippen LogP contribution in [0.1, 0.15) is 38.0 Å². The van der Waals surface area contributed by atoms with Crippen LogP contribution in [0.25, 0.3) is 11.4 Å². The van der Waals surface area contributed by atoms with E-state index in [9.17, 15) is 0 Å². The van der Waals surface area contributed by atoms with Crippen molar-refractivity contribution in [1.82, 2.24) is 20.8 Å². The standard InChI is InChI=1S/C17H22ClN5O/c1-19-17(21-14-5-3-2-4-6-14)20-11-15-22-16(23-24-15)12-7-9-13(18)10-8-12/h7-10,14H,2-6,11H2,1H3,(H2,19,20,21). The third kappa shape index (κ3) is 4.47. The topological polar surface area (TPSA) is 75.3 Å². The number of aromatic nitrogens is 2. The zero-order valence-corrected chi connectivity index (χ0v) is 14.5. The molecule has 6 nitrogen and oxygen atoms in total. The van der Waals surface area contributed by atoms with Crippen LogP contribution in [0.5, 0.6) is 0 Å². The van der Waals surface area contributed by atoms with Crippen LogP contribution in [0.4, 0.5) is 0 Å². The third-order valence-corrected chi connectivity index (χ3v) is 4.40. The van der Waals surface area contributed by atoms with Crippen molar-refractivity contribution in [1.29, 1.82) is 0 Å². The normalized spacial score (nSPS) is 16.2. The number of benzene rings is 1. The lowest BCUT2D eigenvalue weighted by Gasteiger charge is -2.24. The molecule has 0 unspecified atom stereocenters. The average Bonchev–Trinajstić information content (AvgIpc) is 3.09. The summed E-state index contributed by atoms with van der Waals surface area (Å²) in [5, 5.41) is 11.4. The smallest absolute Gasteiger partial charge is 0.246 e. The molecule has 7 heteroatoms. The highest BCUT2D eigenvalue weighted by molar-refractivity contribution is 6.30. The zero-order valence-electron chi connectivity index (χ0n) is 13.8. The molecule has 1 aliphatic carbocycles. The van der Waals surface area contributed by atoms with Crippen LogP contribution in [0.2, 0.25) is 5.02 Å². The quantitative estimate of drug-likeness (QED) is 0.655. The molecule has 0 bridgehead atoms. The van der Waals surface area contributed by atoms with E-state index in [-0.39, 0.29) is 0 Å². The molecule has 0 atom stereocenters. The molecule has 1 fully saturated rings. The summed E-state index contributed by atoms with van der Waals surface area (Å²) in [7, 11) is 1.77. The summed E-state index contributed by atoms with van der Waals surface area (Å²) in [6.45, 7) is 0.437. The highest BCUT2D eigenvalue weighted by atomic mass is 35.5. The van der Waals surface area contributed by atoms with E-state index in [1.165, 1.54) is 32.1 Å². The van der Waals surface area contributed by atoms with E-state index in [1.54, 1.807) is 19.2 Å². The molecule has 2 aromatic rings. The molecule has 3 rings (SSSR count).